The van der Waals surface area contributed by atoms with E-state index in [0.29, 0.717) is 0 Å². The molecule has 0 atom stereocenters. The molecule has 0 radical (unpaired) electrons. The molecular weight excluding hydrogens is 1770 g/mol. The molecule has 0 unspecified atom stereocenters. The molecule has 4 heterocycles. The second-order valence-corrected chi connectivity index (χ2v) is 33.4. The van der Waals surface area contributed by atoms with Crippen LogP contribution in [0.2, 0.25) is 0 Å². The highest BCUT2D eigenvalue weighted by Crippen LogP contribution is 2.23. The van der Waals surface area contributed by atoms with E-state index in [-0.39, 0.29) is 216 Å². The summed E-state index contributed by atoms with van der Waals surface area (Å²) in [6, 6.07) is 0. The van der Waals surface area contributed by atoms with E-state index in [4.69, 9.17) is 0 Å². The van der Waals surface area contributed by atoms with Gasteiger partial charge in [0.05, 0.1) is 124 Å². The van der Waals surface area contributed by atoms with Gasteiger partial charge in [0.25, 0.3) is 0 Å². The minimum absolute atomic E-state index is 0.0116. The first-order valence-electron chi connectivity index (χ1n) is 43.8. The fraction of sp³-hybridized carbons (Fsp3) is 0.747. The van der Waals surface area contributed by atoms with Crippen LogP contribution in [0.4, 0.5) is 0 Å². The maximum atomic E-state index is 14.4. The van der Waals surface area contributed by atoms with Gasteiger partial charge in [-0.1, -0.05) is 0 Å². The van der Waals surface area contributed by atoms with Crippen molar-refractivity contribution in [1.29, 1.82) is 0 Å². The van der Waals surface area contributed by atoms with Crippen molar-refractivity contribution in [2.75, 3.05) is 353 Å². The Bertz CT molecular complexity index is 3250. The van der Waals surface area contributed by atoms with Crippen LogP contribution in [0.25, 0.3) is 0 Å². The molecule has 4 fully saturated rings. The molecule has 54 heteroatoms. The Kier molecular flexibility index (Phi) is 53.9. The lowest BCUT2D eigenvalue weighted by atomic mass is 9.81. The maximum absolute atomic E-state index is 14.4. The zero-order chi connectivity index (χ0) is 98.5. The topological polar surface area (TPSA) is 708 Å². The van der Waals surface area contributed by atoms with Gasteiger partial charge < -0.3 is 93.2 Å². The highest BCUT2D eigenvalue weighted by Gasteiger charge is 2.35. The molecule has 0 aromatic rings. The van der Waals surface area contributed by atoms with Crippen LogP contribution in [-0.4, -0.2) is 612 Å². The number of carboxylic acids is 12. The molecule has 0 aromatic carbocycles. The normalized spacial score (nSPS) is 18.5. The first-order valence-corrected chi connectivity index (χ1v) is 43.8. The lowest BCUT2D eigenvalue weighted by Crippen LogP contribution is -2.54. The van der Waals surface area contributed by atoms with Crippen LogP contribution in [0, 0.1) is 5.41 Å². The van der Waals surface area contributed by atoms with Crippen LogP contribution in [0.15, 0.2) is 0 Å². The zero-order valence-electron chi connectivity index (χ0n) is 75.2. The lowest BCUT2D eigenvalue weighted by Gasteiger charge is -2.35. The largest absolute Gasteiger partial charge is 0.480 e. The number of carbonyl (C=O) groups excluding carboxylic acids is 8. The van der Waals surface area contributed by atoms with Gasteiger partial charge in [-0.15, -0.1) is 0 Å². The number of aliphatic carboxylic acids is 12. The number of hydrogen-bond donors (Lipinski definition) is 18. The van der Waals surface area contributed by atoms with Crippen LogP contribution in [0.5, 0.6) is 0 Å². The van der Waals surface area contributed by atoms with Gasteiger partial charge in [0.1, 0.15) is 5.78 Å². The first kappa shape index (κ1) is 114. The molecule has 752 valence electrons. The number of Topliss-reactive ketones (excluding diaryl/α,β-unsaturated/α-hetero) is 2. The summed E-state index contributed by atoms with van der Waals surface area (Å²) in [5.41, 5.74) is -1.72. The highest BCUT2D eigenvalue weighted by molar-refractivity contribution is 5.89. The number of hydrogen-bond acceptors (Lipinski definition) is 36. The zero-order valence-corrected chi connectivity index (χ0v) is 75.2. The van der Waals surface area contributed by atoms with Crippen LogP contribution in [-0.2, 0) is 95.9 Å². The average molecular weight is 1900 g/mol. The molecular formula is C79H134N22O32. The Morgan fingerprint density at radius 3 is 0.504 bits per heavy atom. The van der Waals surface area contributed by atoms with Gasteiger partial charge in [0.2, 0.25) is 35.4 Å². The molecule has 4 rings (SSSR count). The van der Waals surface area contributed by atoms with Crippen molar-refractivity contribution in [3.05, 3.63) is 0 Å². The molecule has 0 aliphatic carbocycles. The Morgan fingerprint density at radius 1 is 0.165 bits per heavy atom. The second-order valence-electron chi connectivity index (χ2n) is 33.4. The molecule has 6 amide bonds. The van der Waals surface area contributed by atoms with E-state index in [1.807, 2.05) is 0 Å². The molecule has 4 aliphatic heterocycles. The Labute approximate surface area is 767 Å². The number of nitrogens with one attached hydrogen (secondary N) is 6. The molecule has 0 spiro atoms. The SMILES string of the molecule is O=C(O)CN1CCN(CC(=O)O)CCN(CC(=O)CCC(=O)NCC(CCC(=O)CNC(=O)CN2CCN(CC(=O)O)CCN(CC(=O)O)CCN(CC(=O)O)CC2)(CNC(=O)CNC(=O)CN2CCN(CC(=O)O)CCN(CC(=O)O)CCN(CC(=O)O)CC2)CNC(=O)CNC(=O)CN2CCN(CC(=O)O)CCN(CC(=O)O)CCN(CC(=O)O)CC2)CCN(CC(=O)O)CC1. The third kappa shape index (κ3) is 54.8. The van der Waals surface area contributed by atoms with E-state index >= 15 is 0 Å². The van der Waals surface area contributed by atoms with Gasteiger partial charge in [-0.2, -0.15) is 0 Å². The number of ketones is 2. The summed E-state index contributed by atoms with van der Waals surface area (Å²) in [7, 11) is 0. The van der Waals surface area contributed by atoms with E-state index in [0.717, 1.165) is 0 Å². The minimum atomic E-state index is -1.72. The van der Waals surface area contributed by atoms with Crippen LogP contribution >= 0.6 is 0 Å². The number of carboxylic acid groups (broad SMARTS) is 12. The number of amides is 6. The fourth-order valence-electron chi connectivity index (χ4n) is 15.1. The molecule has 0 aromatic heterocycles. The van der Waals surface area contributed by atoms with Crippen molar-refractivity contribution >= 4 is 119 Å². The molecule has 4 saturated heterocycles. The van der Waals surface area contributed by atoms with Gasteiger partial charge in [0, 0.05) is 254 Å². The van der Waals surface area contributed by atoms with Crippen LogP contribution in [0.3, 0.4) is 0 Å². The predicted molar refractivity (Wildman–Crippen MR) is 464 cm³/mol. The van der Waals surface area contributed by atoms with E-state index in [2.05, 4.69) is 31.9 Å². The van der Waals surface area contributed by atoms with Gasteiger partial charge in [-0.3, -0.25) is 174 Å². The quantitative estimate of drug-likeness (QED) is 0.0269. The van der Waals surface area contributed by atoms with Crippen molar-refractivity contribution in [2.45, 2.75) is 25.7 Å². The summed E-state index contributed by atoms with van der Waals surface area (Å²) in [4.78, 5) is 281. The molecule has 0 saturated carbocycles. The monoisotopic (exact) mass is 1900 g/mol. The summed E-state index contributed by atoms with van der Waals surface area (Å²) in [6.45, 7) is -9.44. The van der Waals surface area contributed by atoms with Crippen molar-refractivity contribution in [2.24, 2.45) is 5.41 Å². The van der Waals surface area contributed by atoms with E-state index in [1.54, 1.807) is 34.3 Å². The molecule has 133 heavy (non-hydrogen) atoms. The van der Waals surface area contributed by atoms with E-state index in [1.165, 1.54) is 44.1 Å². The van der Waals surface area contributed by atoms with Crippen molar-refractivity contribution in [1.82, 2.24) is 110 Å². The standard InChI is InChI=1S/C79H134N22O32/c102-59(37-80-64(107)41-87-7-15-92(46-69(114)115)23-31-99(53-76(128)129)32-24-93(16-8-87)47-70(116)117)3-4-79(56-83-61(104)2-1-60(103)40-86-5-13-90(44-67(110)111)21-29-98(52-75(126)127)30-22-91(14-6-86)45-68(112)113,57-84-62(105)38-81-65(108)42-88-9-17-94(48-71(118)119)25-33-100(54-77(130)131)34-26-95(18-10-88)49-72(120)121)58-85-63(106)39-82-66(109)43-89-11-19-96(50-73(122)123)27-35-101(55-78(132)133)36-28-97(20-12-89)51-74(124)125/h1-58H2,(H,80,107)(H,81,108)(H,82,109)(H,83,104)(H,84,105)(H,85,106)(H,110,111)(H,112,113)(H,114,115)(H,116,117)(H,118,119)(H,120,121)(H,122,123)(H,124,125)(H,126,127)(H,128,129)(H,130,131)(H,132,133). The van der Waals surface area contributed by atoms with Crippen molar-refractivity contribution in [3.63, 3.8) is 0 Å². The highest BCUT2D eigenvalue weighted by atomic mass is 16.4. The van der Waals surface area contributed by atoms with Crippen LogP contribution < -0.4 is 31.9 Å². The Hall–Kier alpha value is -10.8. The summed E-state index contributed by atoms with van der Waals surface area (Å²) in [5.74, 6) is -20.4. The predicted octanol–water partition coefficient (Wildman–Crippen LogP) is -12.7. The van der Waals surface area contributed by atoms with Crippen molar-refractivity contribution in [3.8, 4) is 0 Å². The molecule has 18 N–H and O–H groups in total. The third-order valence-electron chi connectivity index (χ3n) is 22.4. The molecule has 0 bridgehead atoms. The minimum Gasteiger partial charge on any atom is -0.480 e. The maximum Gasteiger partial charge on any atom is 0.317 e. The number of nitrogens with zero attached hydrogens (tertiary/aromatic N) is 16. The van der Waals surface area contributed by atoms with E-state index in [9.17, 15) is 157 Å². The number of rotatable bonds is 50. The second kappa shape index (κ2) is 62.6. The van der Waals surface area contributed by atoms with Gasteiger partial charge >= 0.3 is 71.6 Å². The van der Waals surface area contributed by atoms with Crippen molar-refractivity contribution < 1.29 is 157 Å². The summed E-state index contributed by atoms with van der Waals surface area (Å²) in [6.07, 6.45) is -1.91. The van der Waals surface area contributed by atoms with Gasteiger partial charge in [-0.05, 0) is 6.42 Å². The Morgan fingerprint density at radius 2 is 0.323 bits per heavy atom. The summed E-state index contributed by atoms with van der Waals surface area (Å²) in [5, 5.41) is 133. The fourth-order valence-corrected chi connectivity index (χ4v) is 15.1. The summed E-state index contributed by atoms with van der Waals surface area (Å²) < 4.78 is 0. The molecule has 4 aliphatic rings. The Balaban J connectivity index is 1.74. The van der Waals surface area contributed by atoms with Gasteiger partial charge in [-0.25, -0.2) is 0 Å². The lowest BCUT2D eigenvalue weighted by molar-refractivity contribution is -0.140. The van der Waals surface area contributed by atoms with Crippen LogP contribution in [0.1, 0.15) is 25.7 Å². The smallest absolute Gasteiger partial charge is 0.317 e. The summed E-state index contributed by atoms with van der Waals surface area (Å²) >= 11 is 0. The first-order chi connectivity index (χ1) is 62.9. The van der Waals surface area contributed by atoms with Gasteiger partial charge in [0.15, 0.2) is 5.78 Å². The number of carbonyl (C=O) groups is 20. The van der Waals surface area contributed by atoms with E-state index < -0.39 is 287 Å². The average Bonchev–Trinajstić information content (AvgIpc) is 0.845. The third-order valence-corrected chi connectivity index (χ3v) is 22.4. The molecule has 54 nitrogen and oxygen atoms in total.